The van der Waals surface area contributed by atoms with Crippen LogP contribution in [0.5, 0.6) is 0 Å². The molecule has 0 spiro atoms. The number of benzene rings is 1. The molecule has 5 heteroatoms. The van der Waals surface area contributed by atoms with E-state index in [0.29, 0.717) is 12.5 Å². The van der Waals surface area contributed by atoms with Gasteiger partial charge in [0.2, 0.25) is 5.95 Å². The second kappa shape index (κ2) is 5.35. The quantitative estimate of drug-likeness (QED) is 0.764. The third-order valence-electron chi connectivity index (χ3n) is 4.52. The van der Waals surface area contributed by atoms with Crippen molar-refractivity contribution in [2.45, 2.75) is 26.4 Å². The lowest BCUT2D eigenvalue weighted by atomic mass is 9.99. The monoisotopic (exact) mass is 308 g/mol. The average molecular weight is 308 g/mol. The highest BCUT2D eigenvalue weighted by molar-refractivity contribution is 5.96. The van der Waals surface area contributed by atoms with Crippen LogP contribution in [0, 0.1) is 13.8 Å². The van der Waals surface area contributed by atoms with E-state index in [1.807, 2.05) is 24.2 Å². The van der Waals surface area contributed by atoms with Gasteiger partial charge in [0.25, 0.3) is 0 Å². The highest BCUT2D eigenvalue weighted by Crippen LogP contribution is 2.31. The van der Waals surface area contributed by atoms with Crippen molar-refractivity contribution in [2.75, 3.05) is 18.0 Å². The number of hydrogen-bond acceptors (Lipinski definition) is 4. The molecule has 3 aromatic rings. The van der Waals surface area contributed by atoms with Gasteiger partial charge in [0, 0.05) is 41.9 Å². The highest BCUT2D eigenvalue weighted by atomic mass is 16.3. The molecular weight excluding hydrogens is 288 g/mol. The predicted molar refractivity (Wildman–Crippen MR) is 91.6 cm³/mol. The molecule has 0 unspecified atom stereocenters. The van der Waals surface area contributed by atoms with Crippen LogP contribution in [0.25, 0.3) is 22.0 Å². The number of aliphatic hydroxyl groups excluding tert-OH is 1. The average Bonchev–Trinajstić information content (AvgIpc) is 3.15. The van der Waals surface area contributed by atoms with E-state index >= 15 is 0 Å². The lowest BCUT2D eigenvalue weighted by Crippen LogP contribution is -2.23. The summed E-state index contributed by atoms with van der Waals surface area (Å²) in [5, 5.41) is 10.9. The zero-order valence-corrected chi connectivity index (χ0v) is 13.4. The van der Waals surface area contributed by atoms with Gasteiger partial charge in [-0.3, -0.25) is 0 Å². The Bertz CT molecular complexity index is 871. The molecule has 23 heavy (non-hydrogen) atoms. The number of aliphatic hydroxyl groups is 1. The maximum atomic E-state index is 9.69. The molecule has 1 atom stereocenters. The van der Waals surface area contributed by atoms with Crippen LogP contribution < -0.4 is 4.90 Å². The Hall–Kier alpha value is -2.40. The van der Waals surface area contributed by atoms with Crippen LogP contribution in [0.4, 0.5) is 5.95 Å². The summed E-state index contributed by atoms with van der Waals surface area (Å²) in [6, 6.07) is 6.42. The van der Waals surface area contributed by atoms with Crippen LogP contribution in [-0.2, 0) is 0 Å². The number of rotatable bonds is 2. The topological polar surface area (TPSA) is 65.0 Å². The number of nitrogens with one attached hydrogen (secondary N) is 1. The Morgan fingerprint density at radius 1 is 1.26 bits per heavy atom. The first-order valence-electron chi connectivity index (χ1n) is 7.96. The number of anilines is 1. The Morgan fingerprint density at radius 2 is 2.13 bits per heavy atom. The molecule has 1 aliphatic rings. The molecule has 5 nitrogen and oxygen atoms in total. The van der Waals surface area contributed by atoms with Gasteiger partial charge in [0.15, 0.2) is 0 Å². The lowest BCUT2D eigenvalue weighted by molar-refractivity contribution is 0.198. The maximum absolute atomic E-state index is 9.69. The van der Waals surface area contributed by atoms with Gasteiger partial charge in [0.05, 0.1) is 11.8 Å². The Balaban J connectivity index is 1.78. The van der Waals surface area contributed by atoms with Gasteiger partial charge in [-0.05, 0) is 43.5 Å². The molecule has 0 radical (unpaired) electrons. The second-order valence-electron chi connectivity index (χ2n) is 6.31. The van der Waals surface area contributed by atoms with E-state index in [4.69, 9.17) is 0 Å². The smallest absolute Gasteiger partial charge is 0.225 e. The molecule has 2 aromatic heterocycles. The summed E-state index contributed by atoms with van der Waals surface area (Å²) < 4.78 is 0. The van der Waals surface area contributed by atoms with Crippen molar-refractivity contribution in [2.24, 2.45) is 0 Å². The first-order valence-corrected chi connectivity index (χ1v) is 7.96. The summed E-state index contributed by atoms with van der Waals surface area (Å²) in [5.74, 6) is 0.709. The number of nitrogens with zero attached hydrogens (tertiary/aromatic N) is 3. The molecule has 3 heterocycles. The van der Waals surface area contributed by atoms with Gasteiger partial charge >= 0.3 is 0 Å². The normalized spacial score (nSPS) is 18.0. The Kier molecular flexibility index (Phi) is 3.31. The van der Waals surface area contributed by atoms with Crippen molar-refractivity contribution in [3.8, 4) is 11.1 Å². The first kappa shape index (κ1) is 14.2. The van der Waals surface area contributed by atoms with Crippen molar-refractivity contribution < 1.29 is 5.11 Å². The van der Waals surface area contributed by atoms with Gasteiger partial charge in [-0.2, -0.15) is 0 Å². The summed E-state index contributed by atoms with van der Waals surface area (Å²) in [5.41, 5.74) is 5.52. The number of hydrogen-bond donors (Lipinski definition) is 2. The molecule has 1 aromatic carbocycles. The van der Waals surface area contributed by atoms with Crippen molar-refractivity contribution in [3.63, 3.8) is 0 Å². The lowest BCUT2D eigenvalue weighted by Gasteiger charge is -2.17. The van der Waals surface area contributed by atoms with Gasteiger partial charge in [0.1, 0.15) is 0 Å². The Morgan fingerprint density at radius 3 is 2.87 bits per heavy atom. The zero-order valence-electron chi connectivity index (χ0n) is 13.4. The van der Waals surface area contributed by atoms with E-state index in [0.717, 1.165) is 35.3 Å². The van der Waals surface area contributed by atoms with Crippen LogP contribution >= 0.6 is 0 Å². The minimum Gasteiger partial charge on any atom is -0.391 e. The fourth-order valence-corrected chi connectivity index (χ4v) is 3.33. The van der Waals surface area contributed by atoms with Crippen LogP contribution in [-0.4, -0.2) is 39.3 Å². The van der Waals surface area contributed by atoms with Crippen LogP contribution in [0.15, 0.2) is 30.6 Å². The molecule has 118 valence electrons. The van der Waals surface area contributed by atoms with Gasteiger partial charge in [-0.1, -0.05) is 6.07 Å². The molecule has 1 saturated heterocycles. The summed E-state index contributed by atoms with van der Waals surface area (Å²) in [6.45, 7) is 5.55. The van der Waals surface area contributed by atoms with Crippen molar-refractivity contribution >= 4 is 16.9 Å². The van der Waals surface area contributed by atoms with E-state index in [1.54, 1.807) is 0 Å². The minimum absolute atomic E-state index is 0.269. The van der Waals surface area contributed by atoms with Crippen molar-refractivity contribution in [1.29, 1.82) is 0 Å². The van der Waals surface area contributed by atoms with Gasteiger partial charge < -0.3 is 15.0 Å². The minimum atomic E-state index is -0.269. The third kappa shape index (κ3) is 2.47. The van der Waals surface area contributed by atoms with E-state index in [2.05, 4.69) is 40.1 Å². The molecule has 0 aliphatic carbocycles. The molecule has 2 N–H and O–H groups in total. The van der Waals surface area contributed by atoms with E-state index in [9.17, 15) is 5.11 Å². The number of aryl methyl sites for hydroxylation is 2. The van der Waals surface area contributed by atoms with Crippen LogP contribution in [0.3, 0.4) is 0 Å². The molecule has 1 fully saturated rings. The molecule has 0 saturated carbocycles. The standard InChI is InChI=1S/C18H20N4O/c1-11-7-15(14-3-5-19-17(14)8-11)16-9-20-18(21-12(16)2)22-6-4-13(23)10-22/h3,5,7-9,13,19,23H,4,6,10H2,1-2H3/t13-/m1/s1. The SMILES string of the molecule is Cc1cc(-c2cnc(N3CC[C@@H](O)C3)nc2C)c2cc[nH]c2c1. The van der Waals surface area contributed by atoms with Crippen LogP contribution in [0.1, 0.15) is 17.7 Å². The zero-order chi connectivity index (χ0) is 16.0. The third-order valence-corrected chi connectivity index (χ3v) is 4.52. The number of aromatic nitrogens is 3. The summed E-state index contributed by atoms with van der Waals surface area (Å²) in [4.78, 5) is 14.5. The number of H-pyrrole nitrogens is 1. The van der Waals surface area contributed by atoms with E-state index in [-0.39, 0.29) is 6.10 Å². The number of β-amino-alcohol motifs (C(OH)–C–C–N with tert-alkyl or cyclic N) is 1. The molecule has 0 bridgehead atoms. The maximum Gasteiger partial charge on any atom is 0.225 e. The van der Waals surface area contributed by atoms with E-state index in [1.165, 1.54) is 10.9 Å². The number of fused-ring (bicyclic) bond motifs is 1. The molecular formula is C18H20N4O. The first-order chi connectivity index (χ1) is 11.1. The predicted octanol–water partition coefficient (Wildman–Crippen LogP) is 2.81. The molecule has 0 amide bonds. The van der Waals surface area contributed by atoms with Gasteiger partial charge in [-0.15, -0.1) is 0 Å². The Labute approximate surface area is 135 Å². The van der Waals surface area contributed by atoms with Crippen molar-refractivity contribution in [3.05, 3.63) is 41.9 Å². The molecule has 1 aliphatic heterocycles. The van der Waals surface area contributed by atoms with Crippen LogP contribution in [0.2, 0.25) is 0 Å². The largest absolute Gasteiger partial charge is 0.391 e. The fraction of sp³-hybridized carbons (Fsp3) is 0.333. The summed E-state index contributed by atoms with van der Waals surface area (Å²) in [7, 11) is 0. The second-order valence-corrected chi connectivity index (χ2v) is 6.31. The van der Waals surface area contributed by atoms with Crippen molar-refractivity contribution in [1.82, 2.24) is 15.0 Å². The number of aromatic amines is 1. The summed E-state index contributed by atoms with van der Waals surface area (Å²) >= 11 is 0. The van der Waals surface area contributed by atoms with E-state index < -0.39 is 0 Å². The van der Waals surface area contributed by atoms with Gasteiger partial charge in [-0.25, -0.2) is 9.97 Å². The fourth-order valence-electron chi connectivity index (χ4n) is 3.33. The molecule has 4 rings (SSSR count). The highest BCUT2D eigenvalue weighted by Gasteiger charge is 2.23. The summed E-state index contributed by atoms with van der Waals surface area (Å²) in [6.07, 6.45) is 4.38.